The number of hydrogen-bond donors (Lipinski definition) is 0. The molecule has 29 heavy (non-hydrogen) atoms. The molecule has 0 aliphatic carbocycles. The predicted molar refractivity (Wildman–Crippen MR) is 110 cm³/mol. The number of carbonyl (C=O) groups excluding carboxylic acids is 2. The fourth-order valence-electron chi connectivity index (χ4n) is 3.37. The predicted octanol–water partition coefficient (Wildman–Crippen LogP) is 2.15. The van der Waals surface area contributed by atoms with Crippen molar-refractivity contribution in [2.24, 2.45) is 0 Å². The summed E-state index contributed by atoms with van der Waals surface area (Å²) < 4.78 is 32.4. The molecule has 2 aliphatic heterocycles. The first-order chi connectivity index (χ1) is 13.6. The average molecular weight is 444 g/mol. The normalized spacial score (nSPS) is 18.9. The van der Waals surface area contributed by atoms with Crippen LogP contribution in [0.5, 0.6) is 0 Å². The van der Waals surface area contributed by atoms with Gasteiger partial charge in [-0.2, -0.15) is 4.31 Å². The van der Waals surface area contributed by atoms with Crippen LogP contribution in [0.2, 0.25) is 0 Å². The van der Waals surface area contributed by atoms with Crippen LogP contribution in [0.15, 0.2) is 16.3 Å². The van der Waals surface area contributed by atoms with Gasteiger partial charge in [0.15, 0.2) is 0 Å². The number of piperazine rings is 1. The molecule has 0 aromatic carbocycles. The van der Waals surface area contributed by atoms with Gasteiger partial charge in [-0.15, -0.1) is 11.3 Å². The van der Waals surface area contributed by atoms with E-state index in [1.807, 2.05) is 20.8 Å². The Bertz CT molecular complexity index is 845. The zero-order valence-electron chi connectivity index (χ0n) is 17.2. The van der Waals surface area contributed by atoms with Gasteiger partial charge in [0.25, 0.3) is 10.0 Å². The summed E-state index contributed by atoms with van der Waals surface area (Å²) in [6, 6.07) is 3.32. The highest BCUT2D eigenvalue weighted by molar-refractivity contribution is 7.91. The van der Waals surface area contributed by atoms with Crippen molar-refractivity contribution in [2.75, 3.05) is 39.3 Å². The van der Waals surface area contributed by atoms with E-state index in [2.05, 4.69) is 0 Å². The molecule has 0 saturated carbocycles. The third-order valence-electron chi connectivity index (χ3n) is 4.91. The Kier molecular flexibility index (Phi) is 6.54. The highest BCUT2D eigenvalue weighted by atomic mass is 32.2. The molecule has 0 atom stereocenters. The highest BCUT2D eigenvalue weighted by Gasteiger charge is 2.30. The average Bonchev–Trinajstić information content (AvgIpc) is 3.33. The molecule has 0 radical (unpaired) electrons. The van der Waals surface area contributed by atoms with Gasteiger partial charge in [0.05, 0.1) is 6.42 Å². The van der Waals surface area contributed by atoms with Gasteiger partial charge in [0.2, 0.25) is 5.91 Å². The lowest BCUT2D eigenvalue weighted by Gasteiger charge is -2.35. The summed E-state index contributed by atoms with van der Waals surface area (Å²) in [7, 11) is -3.44. The van der Waals surface area contributed by atoms with E-state index in [0.29, 0.717) is 43.5 Å². The minimum Gasteiger partial charge on any atom is -0.444 e. The largest absolute Gasteiger partial charge is 0.444 e. The van der Waals surface area contributed by atoms with Crippen LogP contribution in [0.25, 0.3) is 0 Å². The summed E-state index contributed by atoms with van der Waals surface area (Å²) in [5.41, 5.74) is -0.545. The summed E-state index contributed by atoms with van der Waals surface area (Å²) in [4.78, 5) is 28.8. The first-order valence-electron chi connectivity index (χ1n) is 9.91. The van der Waals surface area contributed by atoms with Crippen molar-refractivity contribution in [3.63, 3.8) is 0 Å². The number of ether oxygens (including phenoxy) is 1. The topological polar surface area (TPSA) is 87.2 Å². The summed E-state index contributed by atoms with van der Waals surface area (Å²) >= 11 is 1.17. The minimum absolute atomic E-state index is 0.0548. The van der Waals surface area contributed by atoms with E-state index in [1.54, 1.807) is 21.9 Å². The van der Waals surface area contributed by atoms with Crippen LogP contribution in [0.4, 0.5) is 4.79 Å². The van der Waals surface area contributed by atoms with Crippen LogP contribution >= 0.6 is 11.3 Å². The maximum absolute atomic E-state index is 12.6. The molecular weight excluding hydrogens is 414 g/mol. The van der Waals surface area contributed by atoms with Crippen LogP contribution in [-0.4, -0.2) is 79.4 Å². The van der Waals surface area contributed by atoms with E-state index < -0.39 is 15.6 Å². The number of sulfonamides is 1. The van der Waals surface area contributed by atoms with E-state index in [4.69, 9.17) is 4.74 Å². The second-order valence-corrected chi connectivity index (χ2v) is 11.7. The van der Waals surface area contributed by atoms with Crippen molar-refractivity contribution in [1.29, 1.82) is 0 Å². The smallest absolute Gasteiger partial charge is 0.410 e. The van der Waals surface area contributed by atoms with Crippen LogP contribution in [0.3, 0.4) is 0 Å². The fraction of sp³-hybridized carbons (Fsp3) is 0.684. The standard InChI is InChI=1S/C19H29N3O5S2/c1-19(2,3)27-18(24)21-12-10-20(11-13-21)16(23)14-15-6-7-17(28-15)29(25,26)22-8-4-5-9-22/h6-7H,4-5,8-14H2,1-3H3. The van der Waals surface area contributed by atoms with Crippen LogP contribution < -0.4 is 0 Å². The summed E-state index contributed by atoms with van der Waals surface area (Å²) in [6.07, 6.45) is 1.60. The number of rotatable bonds is 4. The monoisotopic (exact) mass is 443 g/mol. The molecule has 0 unspecified atom stereocenters. The molecule has 0 bridgehead atoms. The molecule has 2 aliphatic rings. The summed E-state index contributed by atoms with van der Waals surface area (Å²) in [5, 5.41) is 0. The molecule has 2 fully saturated rings. The number of nitrogens with zero attached hydrogens (tertiary/aromatic N) is 3. The highest BCUT2D eigenvalue weighted by Crippen LogP contribution is 2.28. The SMILES string of the molecule is CC(C)(C)OC(=O)N1CCN(C(=O)Cc2ccc(S(=O)(=O)N3CCCC3)s2)CC1. The Morgan fingerprint density at radius 2 is 1.59 bits per heavy atom. The number of hydrogen-bond acceptors (Lipinski definition) is 6. The summed E-state index contributed by atoms with van der Waals surface area (Å²) in [6.45, 7) is 8.36. The lowest BCUT2D eigenvalue weighted by molar-refractivity contribution is -0.132. The number of thiophene rings is 1. The molecule has 2 amide bonds. The van der Waals surface area contributed by atoms with Crippen LogP contribution in [0, 0.1) is 0 Å². The molecule has 8 nitrogen and oxygen atoms in total. The van der Waals surface area contributed by atoms with Gasteiger partial charge in [0.1, 0.15) is 9.81 Å². The van der Waals surface area contributed by atoms with E-state index in [9.17, 15) is 18.0 Å². The zero-order valence-corrected chi connectivity index (χ0v) is 18.9. The fourth-order valence-corrected chi connectivity index (χ4v) is 6.39. The third-order valence-corrected chi connectivity index (χ3v) is 8.36. The van der Waals surface area contributed by atoms with Gasteiger partial charge in [-0.3, -0.25) is 4.79 Å². The number of carbonyl (C=O) groups is 2. The van der Waals surface area contributed by atoms with Gasteiger partial charge in [-0.1, -0.05) is 0 Å². The molecule has 2 saturated heterocycles. The maximum Gasteiger partial charge on any atom is 0.410 e. The van der Waals surface area contributed by atoms with Gasteiger partial charge in [0, 0.05) is 44.1 Å². The Morgan fingerprint density at radius 3 is 2.17 bits per heavy atom. The second-order valence-electron chi connectivity index (χ2n) is 8.36. The zero-order chi connectivity index (χ0) is 21.2. The van der Waals surface area contributed by atoms with Crippen molar-refractivity contribution in [2.45, 2.75) is 49.8 Å². The Balaban J connectivity index is 1.53. The second kappa shape index (κ2) is 8.61. The molecule has 1 aromatic heterocycles. The Morgan fingerprint density at radius 1 is 1.00 bits per heavy atom. The first kappa shape index (κ1) is 22.0. The van der Waals surface area contributed by atoms with Crippen molar-refractivity contribution < 1.29 is 22.7 Å². The van der Waals surface area contributed by atoms with Crippen LogP contribution in [-0.2, 0) is 26.0 Å². The lowest BCUT2D eigenvalue weighted by atomic mass is 10.2. The van der Waals surface area contributed by atoms with E-state index in [1.165, 1.54) is 15.6 Å². The first-order valence-corrected chi connectivity index (χ1v) is 12.2. The van der Waals surface area contributed by atoms with Crippen molar-refractivity contribution >= 4 is 33.4 Å². The summed E-state index contributed by atoms with van der Waals surface area (Å²) in [5.74, 6) is -0.0548. The van der Waals surface area contributed by atoms with Crippen molar-refractivity contribution in [3.05, 3.63) is 17.0 Å². The van der Waals surface area contributed by atoms with E-state index in [-0.39, 0.29) is 18.4 Å². The molecule has 3 rings (SSSR count). The van der Waals surface area contributed by atoms with E-state index >= 15 is 0 Å². The quantitative estimate of drug-likeness (QED) is 0.712. The van der Waals surface area contributed by atoms with Crippen LogP contribution in [0.1, 0.15) is 38.5 Å². The van der Waals surface area contributed by atoms with Gasteiger partial charge >= 0.3 is 6.09 Å². The molecule has 162 valence electrons. The van der Waals surface area contributed by atoms with E-state index in [0.717, 1.165) is 17.7 Å². The molecular formula is C19H29N3O5S2. The van der Waals surface area contributed by atoms with Crippen molar-refractivity contribution in [3.8, 4) is 0 Å². The number of amides is 2. The van der Waals surface area contributed by atoms with Gasteiger partial charge < -0.3 is 14.5 Å². The Labute approximate surface area is 176 Å². The Hall–Kier alpha value is -1.65. The molecule has 1 aromatic rings. The maximum atomic E-state index is 12.6. The molecule has 0 N–H and O–H groups in total. The lowest BCUT2D eigenvalue weighted by Crippen LogP contribution is -2.51. The van der Waals surface area contributed by atoms with Gasteiger partial charge in [-0.25, -0.2) is 13.2 Å². The minimum atomic E-state index is -3.44. The third kappa shape index (κ3) is 5.49. The van der Waals surface area contributed by atoms with Crippen molar-refractivity contribution in [1.82, 2.24) is 14.1 Å². The molecule has 3 heterocycles. The molecule has 10 heteroatoms. The molecule has 0 spiro atoms. The van der Waals surface area contributed by atoms with Gasteiger partial charge in [-0.05, 0) is 45.7 Å².